The van der Waals surface area contributed by atoms with Crippen molar-refractivity contribution in [1.82, 2.24) is 19.9 Å². The summed E-state index contributed by atoms with van der Waals surface area (Å²) in [6.45, 7) is 0. The minimum Gasteiger partial charge on any atom is -0.399 e. The van der Waals surface area contributed by atoms with E-state index in [-0.39, 0.29) is 0 Å². The van der Waals surface area contributed by atoms with Crippen LogP contribution in [0.1, 0.15) is 11.5 Å². The minimum atomic E-state index is 0.578. The smallest absolute Gasteiger partial charge is 0.134 e. The van der Waals surface area contributed by atoms with Crippen LogP contribution in [0.25, 0.3) is 11.0 Å². The Morgan fingerprint density at radius 2 is 1.83 bits per heavy atom. The van der Waals surface area contributed by atoms with E-state index in [0.717, 1.165) is 22.6 Å². The van der Waals surface area contributed by atoms with Gasteiger partial charge in [-0.05, 0) is 24.3 Å². The van der Waals surface area contributed by atoms with Gasteiger partial charge in [0.2, 0.25) is 0 Å². The number of rotatable bonds is 2. The van der Waals surface area contributed by atoms with Gasteiger partial charge in [0, 0.05) is 24.3 Å². The summed E-state index contributed by atoms with van der Waals surface area (Å²) in [5.74, 6) is 0.738. The molecule has 3 rings (SSSR count). The molecule has 5 nitrogen and oxygen atoms in total. The Hall–Kier alpha value is -2.56. The van der Waals surface area contributed by atoms with Gasteiger partial charge in [-0.25, -0.2) is 15.0 Å². The van der Waals surface area contributed by atoms with Crippen LogP contribution >= 0.6 is 0 Å². The van der Waals surface area contributed by atoms with Crippen LogP contribution in [0.2, 0.25) is 0 Å². The third-order valence-electron chi connectivity index (χ3n) is 2.57. The topological polar surface area (TPSA) is 77.6 Å². The summed E-state index contributed by atoms with van der Waals surface area (Å²) >= 11 is 0. The molecule has 1 aromatic carbocycles. The van der Waals surface area contributed by atoms with Crippen LogP contribution in [0.15, 0.2) is 42.9 Å². The van der Waals surface area contributed by atoms with Gasteiger partial charge in [0.05, 0.1) is 23.1 Å². The van der Waals surface area contributed by atoms with Crippen LogP contribution in [0, 0.1) is 0 Å². The van der Waals surface area contributed by atoms with Crippen LogP contribution in [-0.4, -0.2) is 19.9 Å². The molecule has 2 heterocycles. The molecular weight excluding hydrogens is 226 g/mol. The van der Waals surface area contributed by atoms with E-state index in [1.165, 1.54) is 0 Å². The molecule has 0 saturated heterocycles. The first-order chi connectivity index (χ1) is 8.81. The highest BCUT2D eigenvalue weighted by molar-refractivity contribution is 5.77. The van der Waals surface area contributed by atoms with Crippen LogP contribution in [-0.2, 0) is 6.42 Å². The van der Waals surface area contributed by atoms with Crippen molar-refractivity contribution in [2.24, 2.45) is 0 Å². The normalized spacial score (nSPS) is 10.7. The Morgan fingerprint density at radius 3 is 2.67 bits per heavy atom. The van der Waals surface area contributed by atoms with Gasteiger partial charge < -0.3 is 5.73 Å². The number of aromatic nitrogens is 4. The summed E-state index contributed by atoms with van der Waals surface area (Å²) in [5, 5.41) is 0. The second-order valence-electron chi connectivity index (χ2n) is 3.95. The van der Waals surface area contributed by atoms with Crippen LogP contribution in [0.4, 0.5) is 5.69 Å². The Labute approximate surface area is 104 Å². The molecule has 2 N–H and O–H groups in total. The number of fused-ring (bicyclic) bond motifs is 1. The molecule has 0 aliphatic carbocycles. The second kappa shape index (κ2) is 4.37. The highest BCUT2D eigenvalue weighted by Crippen LogP contribution is 2.14. The fourth-order valence-corrected chi connectivity index (χ4v) is 1.73. The largest absolute Gasteiger partial charge is 0.399 e. The maximum atomic E-state index is 5.70. The molecule has 0 saturated carbocycles. The van der Waals surface area contributed by atoms with Gasteiger partial charge >= 0.3 is 0 Å². The summed E-state index contributed by atoms with van der Waals surface area (Å²) < 4.78 is 0. The van der Waals surface area contributed by atoms with E-state index in [9.17, 15) is 0 Å². The van der Waals surface area contributed by atoms with Crippen molar-refractivity contribution in [3.05, 3.63) is 54.4 Å². The van der Waals surface area contributed by atoms with E-state index in [1.54, 1.807) is 24.7 Å². The van der Waals surface area contributed by atoms with Gasteiger partial charge in [0.25, 0.3) is 0 Å². The van der Waals surface area contributed by atoms with E-state index in [0.29, 0.717) is 12.1 Å². The number of nitrogen functional groups attached to an aromatic ring is 1. The van der Waals surface area contributed by atoms with Crippen molar-refractivity contribution in [3.63, 3.8) is 0 Å². The predicted molar refractivity (Wildman–Crippen MR) is 68.8 cm³/mol. The molecule has 0 bridgehead atoms. The number of nitrogens with zero attached hydrogens (tertiary/aromatic N) is 4. The Bertz CT molecular complexity index is 681. The zero-order chi connectivity index (χ0) is 12.4. The molecule has 0 unspecified atom stereocenters. The van der Waals surface area contributed by atoms with Gasteiger partial charge in [-0.1, -0.05) is 0 Å². The van der Waals surface area contributed by atoms with E-state index >= 15 is 0 Å². The average molecular weight is 237 g/mol. The number of hydrogen-bond acceptors (Lipinski definition) is 5. The first-order valence-electron chi connectivity index (χ1n) is 5.58. The molecule has 88 valence electrons. The zero-order valence-electron chi connectivity index (χ0n) is 9.61. The Balaban J connectivity index is 1.96. The SMILES string of the molecule is Nc1ccc2nc(Cc3ncccn3)cnc2c1. The number of benzene rings is 1. The third kappa shape index (κ3) is 2.10. The molecule has 3 aromatic rings. The summed E-state index contributed by atoms with van der Waals surface area (Å²) in [4.78, 5) is 17.2. The van der Waals surface area contributed by atoms with Crippen molar-refractivity contribution >= 4 is 16.7 Å². The van der Waals surface area contributed by atoms with E-state index < -0.39 is 0 Å². The van der Waals surface area contributed by atoms with Gasteiger partial charge in [0.1, 0.15) is 5.82 Å². The fraction of sp³-hybridized carbons (Fsp3) is 0.0769. The minimum absolute atomic E-state index is 0.578. The Kier molecular flexibility index (Phi) is 2.57. The molecule has 5 heteroatoms. The van der Waals surface area contributed by atoms with Gasteiger partial charge in [-0.2, -0.15) is 0 Å². The first kappa shape index (κ1) is 10.6. The molecule has 0 aliphatic rings. The number of hydrogen-bond donors (Lipinski definition) is 1. The van der Waals surface area contributed by atoms with Crippen molar-refractivity contribution < 1.29 is 0 Å². The fourth-order valence-electron chi connectivity index (χ4n) is 1.73. The van der Waals surface area contributed by atoms with E-state index in [4.69, 9.17) is 5.73 Å². The van der Waals surface area contributed by atoms with Crippen molar-refractivity contribution in [2.75, 3.05) is 5.73 Å². The molecule has 0 aliphatic heterocycles. The summed E-state index contributed by atoms with van der Waals surface area (Å²) in [5.41, 5.74) is 8.86. The summed E-state index contributed by atoms with van der Waals surface area (Å²) in [6, 6.07) is 7.29. The molecule has 2 aromatic heterocycles. The number of nitrogens with two attached hydrogens (primary N) is 1. The maximum Gasteiger partial charge on any atom is 0.134 e. The monoisotopic (exact) mass is 237 g/mol. The molecule has 0 radical (unpaired) electrons. The summed E-state index contributed by atoms with van der Waals surface area (Å²) in [6.07, 6.45) is 5.75. The lowest BCUT2D eigenvalue weighted by Crippen LogP contribution is -1.99. The van der Waals surface area contributed by atoms with Crippen LogP contribution in [0.5, 0.6) is 0 Å². The highest BCUT2D eigenvalue weighted by Gasteiger charge is 2.03. The van der Waals surface area contributed by atoms with Crippen LogP contribution in [0.3, 0.4) is 0 Å². The molecule has 0 amide bonds. The summed E-state index contributed by atoms with van der Waals surface area (Å²) in [7, 11) is 0. The van der Waals surface area contributed by atoms with Crippen molar-refractivity contribution in [1.29, 1.82) is 0 Å². The second-order valence-corrected chi connectivity index (χ2v) is 3.95. The van der Waals surface area contributed by atoms with Gasteiger partial charge in [-0.3, -0.25) is 4.98 Å². The number of anilines is 1. The zero-order valence-corrected chi connectivity index (χ0v) is 9.61. The molecule has 0 spiro atoms. The highest BCUT2D eigenvalue weighted by atomic mass is 14.9. The van der Waals surface area contributed by atoms with Gasteiger partial charge in [-0.15, -0.1) is 0 Å². The lowest BCUT2D eigenvalue weighted by atomic mass is 10.2. The molecule has 18 heavy (non-hydrogen) atoms. The maximum absolute atomic E-state index is 5.70. The molecule has 0 fully saturated rings. The predicted octanol–water partition coefficient (Wildman–Crippen LogP) is 1.59. The lowest BCUT2D eigenvalue weighted by molar-refractivity contribution is 0.934. The first-order valence-corrected chi connectivity index (χ1v) is 5.58. The third-order valence-corrected chi connectivity index (χ3v) is 2.57. The average Bonchev–Trinajstić information content (AvgIpc) is 2.40. The van der Waals surface area contributed by atoms with Gasteiger partial charge in [0.15, 0.2) is 0 Å². The quantitative estimate of drug-likeness (QED) is 0.685. The van der Waals surface area contributed by atoms with Crippen LogP contribution < -0.4 is 5.73 Å². The van der Waals surface area contributed by atoms with E-state index in [1.807, 2.05) is 18.2 Å². The lowest BCUT2D eigenvalue weighted by Gasteiger charge is -2.02. The Morgan fingerprint density at radius 1 is 1.00 bits per heavy atom. The van der Waals surface area contributed by atoms with Crippen molar-refractivity contribution in [3.8, 4) is 0 Å². The van der Waals surface area contributed by atoms with E-state index in [2.05, 4.69) is 19.9 Å². The molecular formula is C13H11N5. The standard InChI is InChI=1S/C13H11N5/c14-9-2-3-11-12(6-9)17-8-10(18-11)7-13-15-4-1-5-16-13/h1-6,8H,7,14H2. The molecule has 0 atom stereocenters. The van der Waals surface area contributed by atoms with Crippen molar-refractivity contribution in [2.45, 2.75) is 6.42 Å².